The first-order chi connectivity index (χ1) is 4.46. The van der Waals surface area contributed by atoms with Crippen molar-refractivity contribution in [2.75, 3.05) is 0 Å². The number of aliphatic carboxylic acids is 2. The van der Waals surface area contributed by atoms with Gasteiger partial charge in [-0.3, -0.25) is 0 Å². The van der Waals surface area contributed by atoms with Crippen molar-refractivity contribution in [3.63, 3.8) is 0 Å². The van der Waals surface area contributed by atoms with E-state index in [1.807, 2.05) is 0 Å². The Balaban J connectivity index is -0.000000405. The second kappa shape index (κ2) is 8.31. The molecule has 0 aliphatic carbocycles. The minimum atomic E-state index is -2.44. The zero-order valence-electron chi connectivity index (χ0n) is 5.84. The number of carbonyl (C=O) groups is 2. The number of hydrogen-bond donors (Lipinski definition) is 2. The molecule has 8 heteroatoms. The smallest absolute Gasteiger partial charge is 0.547 e. The van der Waals surface area contributed by atoms with Crippen LogP contribution < -0.4 is 10.2 Å². The van der Waals surface area contributed by atoms with Crippen molar-refractivity contribution in [1.82, 2.24) is 0 Å². The predicted molar refractivity (Wildman–Crippen MR) is 33.5 cm³/mol. The summed E-state index contributed by atoms with van der Waals surface area (Å²) in [6.07, 6.45) is -4.88. The fourth-order valence-corrected chi connectivity index (χ4v) is 0.258. The van der Waals surface area contributed by atoms with Crippen LogP contribution in [0.25, 0.3) is 0 Å². The average Bonchev–Trinajstić information content (AvgIpc) is 1.84. The van der Waals surface area contributed by atoms with Gasteiger partial charge in [-0.25, -0.2) is 0 Å². The molecule has 0 fully saturated rings. The molecule has 0 aliphatic heterocycles. The molecule has 2 atom stereocenters. The van der Waals surface area contributed by atoms with Crippen molar-refractivity contribution in [1.29, 1.82) is 0 Å². The summed E-state index contributed by atoms with van der Waals surface area (Å²) in [6, 6.07) is 0. The Morgan fingerprint density at radius 1 is 0.917 bits per heavy atom. The number of hydrogen-bond acceptors (Lipinski definition) is 6. The minimum Gasteiger partial charge on any atom is -0.547 e. The van der Waals surface area contributed by atoms with Gasteiger partial charge in [0, 0.05) is 0 Å². The van der Waals surface area contributed by atoms with E-state index in [9.17, 15) is 19.8 Å². The maximum Gasteiger partial charge on any atom is 1.00 e. The molecular weight excluding hydrogens is 553 g/mol. The van der Waals surface area contributed by atoms with E-state index in [2.05, 4.69) is 0 Å². The minimum absolute atomic E-state index is 0. The van der Waals surface area contributed by atoms with Crippen molar-refractivity contribution >= 4 is 66.5 Å². The fourth-order valence-electron chi connectivity index (χ4n) is 0.258. The topological polar surface area (TPSA) is 121 Å². The van der Waals surface area contributed by atoms with Crippen molar-refractivity contribution in [3.05, 3.63) is 0 Å². The van der Waals surface area contributed by atoms with Gasteiger partial charge >= 0.3 is 54.6 Å². The van der Waals surface area contributed by atoms with Crippen LogP contribution in [-0.4, -0.2) is 89.0 Å². The molecule has 0 rings (SSSR count). The molecule has 0 heterocycles. The van der Waals surface area contributed by atoms with Gasteiger partial charge in [0.2, 0.25) is 0 Å². The van der Waals surface area contributed by atoms with Crippen LogP contribution in [0.15, 0.2) is 0 Å². The number of rotatable bonds is 3. The zero-order chi connectivity index (χ0) is 8.31. The predicted octanol–water partition coefficient (Wildman–Crippen LogP) is -5.55. The monoisotopic (exact) mass is 558 g/mol. The van der Waals surface area contributed by atoms with Crippen molar-refractivity contribution in [2.24, 2.45) is 0 Å². The summed E-state index contributed by atoms with van der Waals surface area (Å²) in [6.45, 7) is 0. The molecule has 0 spiro atoms. The molecule has 0 saturated carbocycles. The van der Waals surface area contributed by atoms with E-state index >= 15 is 0 Å². The Hall–Kier alpha value is 0.704. The molecule has 0 bridgehead atoms. The summed E-state index contributed by atoms with van der Waals surface area (Å²) in [4.78, 5) is 19.3. The molecule has 12 heavy (non-hydrogen) atoms. The molecule has 0 aliphatic rings. The Kier molecular flexibility index (Phi) is 12.8. The van der Waals surface area contributed by atoms with Crippen molar-refractivity contribution < 1.29 is 30.0 Å². The SMILES string of the molecule is O=C([O-])[C@@H](O)[C@H](O)C(=O)[O-].[Tl+].[Tl+]. The molecule has 2 N–H and O–H groups in total. The third-order valence-electron chi connectivity index (χ3n) is 0.782. The van der Waals surface area contributed by atoms with E-state index in [0.717, 1.165) is 0 Å². The molecule has 0 aromatic carbocycles. The number of carboxylic acid groups (broad SMARTS) is 2. The van der Waals surface area contributed by atoms with Crippen LogP contribution >= 0.6 is 0 Å². The second-order valence-corrected chi connectivity index (χ2v) is 1.53. The Morgan fingerprint density at radius 3 is 1.17 bits per heavy atom. The van der Waals surface area contributed by atoms with Crippen LogP contribution in [0.1, 0.15) is 0 Å². The van der Waals surface area contributed by atoms with Crippen molar-refractivity contribution in [3.8, 4) is 0 Å². The standard InChI is InChI=1S/C4H6O6.2Tl/c5-1(3(7)8)2(6)4(9)10;;/h1-2,5-6H,(H,7,8)(H,9,10);;/q;2*+1/p-2/t1-,2-;;/m0../s1. The zero-order valence-corrected chi connectivity index (χ0v) is 14.8. The van der Waals surface area contributed by atoms with Crippen LogP contribution in [0, 0.1) is 0 Å². The maximum atomic E-state index is 9.63. The number of aliphatic hydroxyl groups excluding tert-OH is 2. The molecule has 62 valence electrons. The van der Waals surface area contributed by atoms with Gasteiger partial charge < -0.3 is 30.0 Å². The van der Waals surface area contributed by atoms with Gasteiger partial charge in [-0.05, 0) is 0 Å². The molecule has 0 unspecified atom stereocenters. The normalized spacial score (nSPS) is 13.2. The molecule has 0 saturated heterocycles. The molecule has 6 nitrogen and oxygen atoms in total. The van der Waals surface area contributed by atoms with Gasteiger partial charge in [-0.2, -0.15) is 0 Å². The van der Waals surface area contributed by atoms with E-state index in [0.29, 0.717) is 0 Å². The van der Waals surface area contributed by atoms with E-state index in [1.54, 1.807) is 0 Å². The van der Waals surface area contributed by atoms with Crippen LogP contribution in [0.2, 0.25) is 0 Å². The van der Waals surface area contributed by atoms with Crippen LogP contribution in [0.3, 0.4) is 0 Å². The molecule has 0 aromatic rings. The van der Waals surface area contributed by atoms with Gasteiger partial charge in [0.25, 0.3) is 0 Å². The fraction of sp³-hybridized carbons (Fsp3) is 0.500. The van der Waals surface area contributed by atoms with Gasteiger partial charge in [0.15, 0.2) is 0 Å². The van der Waals surface area contributed by atoms with E-state index < -0.39 is 24.1 Å². The summed E-state index contributed by atoms with van der Waals surface area (Å²) in [5.41, 5.74) is 0. The first-order valence-electron chi connectivity index (χ1n) is 2.24. The van der Waals surface area contributed by atoms with Crippen molar-refractivity contribution in [2.45, 2.75) is 12.2 Å². The Labute approximate surface area is 108 Å². The van der Waals surface area contributed by atoms with Gasteiger partial charge in [0.1, 0.15) is 12.2 Å². The third kappa shape index (κ3) is 6.25. The van der Waals surface area contributed by atoms with Gasteiger partial charge in [0.05, 0.1) is 11.9 Å². The summed E-state index contributed by atoms with van der Waals surface area (Å²) in [7, 11) is 0. The summed E-state index contributed by atoms with van der Waals surface area (Å²) in [5.74, 6) is -4.12. The van der Waals surface area contributed by atoms with Crippen LogP contribution in [-0.2, 0) is 9.59 Å². The van der Waals surface area contributed by atoms with E-state index in [-0.39, 0.29) is 54.6 Å². The molecule has 0 amide bonds. The van der Waals surface area contributed by atoms with Gasteiger partial charge in [-0.15, -0.1) is 0 Å². The third-order valence-corrected chi connectivity index (χ3v) is 0.782. The summed E-state index contributed by atoms with van der Waals surface area (Å²) < 4.78 is 0. The first kappa shape index (κ1) is 18.5. The number of carboxylic acids is 2. The number of aliphatic hydroxyl groups is 2. The second-order valence-electron chi connectivity index (χ2n) is 1.53. The van der Waals surface area contributed by atoms with Crippen LogP contribution in [0.4, 0.5) is 0 Å². The first-order valence-corrected chi connectivity index (χ1v) is 2.24. The van der Waals surface area contributed by atoms with Crippen LogP contribution in [0.5, 0.6) is 0 Å². The molecule has 0 radical (unpaired) electrons. The average molecular weight is 557 g/mol. The Bertz CT molecular complexity index is 142. The largest absolute Gasteiger partial charge is 1.00 e. The molecular formula is C4H4O6Tl2. The number of carbonyl (C=O) groups excluding carboxylic acids is 2. The van der Waals surface area contributed by atoms with E-state index in [1.165, 1.54) is 0 Å². The maximum absolute atomic E-state index is 9.63. The molecule has 0 aromatic heterocycles. The quantitative estimate of drug-likeness (QED) is 0.335. The summed E-state index contributed by atoms with van der Waals surface area (Å²) in [5, 5.41) is 35.7. The summed E-state index contributed by atoms with van der Waals surface area (Å²) >= 11 is 0. The Morgan fingerprint density at radius 2 is 1.08 bits per heavy atom. The van der Waals surface area contributed by atoms with E-state index in [4.69, 9.17) is 10.2 Å². The van der Waals surface area contributed by atoms with Gasteiger partial charge in [-0.1, -0.05) is 0 Å².